The average Bonchev–Trinajstić information content (AvgIpc) is 2.59. The molecule has 0 N–H and O–H groups in total. The molecule has 0 spiro atoms. The van der Waals surface area contributed by atoms with E-state index in [1.165, 1.54) is 24.9 Å². The van der Waals surface area contributed by atoms with Crippen LogP contribution in [0.2, 0.25) is 0 Å². The summed E-state index contributed by atoms with van der Waals surface area (Å²) in [6, 6.07) is 8.40. The number of benzene rings is 1. The zero-order valence-corrected chi connectivity index (χ0v) is 10.5. The number of nitrogens with zero attached hydrogens (tertiary/aromatic N) is 1. The monoisotopic (exact) mass is 219 g/mol. The van der Waals surface area contributed by atoms with Crippen molar-refractivity contribution in [2.45, 2.75) is 38.8 Å². The second-order valence-electron chi connectivity index (χ2n) is 5.19. The summed E-state index contributed by atoms with van der Waals surface area (Å²) in [6.45, 7) is 6.95. The third-order valence-corrected chi connectivity index (χ3v) is 3.61. The van der Waals surface area contributed by atoms with Gasteiger partial charge in [0, 0.05) is 12.1 Å². The average molecular weight is 219 g/mol. The Labute approximate surface area is 98.2 Å². The minimum Gasteiger partial charge on any atom is -0.497 e. The SMILES string of the molecule is COc1ccc(CN2CCCC2(C)C)cc1. The molecular weight excluding hydrogens is 198 g/mol. The highest BCUT2D eigenvalue weighted by Crippen LogP contribution is 2.29. The van der Waals surface area contributed by atoms with Crippen LogP contribution in [0.1, 0.15) is 32.3 Å². The van der Waals surface area contributed by atoms with Gasteiger partial charge in [-0.05, 0) is 50.9 Å². The predicted octanol–water partition coefficient (Wildman–Crippen LogP) is 3.07. The Morgan fingerprint density at radius 3 is 2.44 bits per heavy atom. The van der Waals surface area contributed by atoms with E-state index in [-0.39, 0.29) is 0 Å². The summed E-state index contributed by atoms with van der Waals surface area (Å²) in [5.41, 5.74) is 1.73. The molecule has 1 aromatic carbocycles. The second kappa shape index (κ2) is 4.46. The molecule has 1 aliphatic heterocycles. The second-order valence-corrected chi connectivity index (χ2v) is 5.19. The first-order valence-electron chi connectivity index (χ1n) is 6.00. The molecule has 0 bridgehead atoms. The molecule has 1 fully saturated rings. The minimum atomic E-state index is 0.361. The van der Waals surface area contributed by atoms with E-state index in [0.717, 1.165) is 12.3 Å². The highest BCUT2D eigenvalue weighted by Gasteiger charge is 2.31. The zero-order valence-electron chi connectivity index (χ0n) is 10.5. The van der Waals surface area contributed by atoms with Gasteiger partial charge in [0.2, 0.25) is 0 Å². The van der Waals surface area contributed by atoms with Crippen LogP contribution in [0.4, 0.5) is 0 Å². The van der Waals surface area contributed by atoms with Gasteiger partial charge in [0.25, 0.3) is 0 Å². The van der Waals surface area contributed by atoms with Crippen molar-refractivity contribution in [1.82, 2.24) is 4.90 Å². The van der Waals surface area contributed by atoms with E-state index in [1.807, 2.05) is 12.1 Å². The zero-order chi connectivity index (χ0) is 11.6. The molecule has 0 atom stereocenters. The van der Waals surface area contributed by atoms with Crippen molar-refractivity contribution in [3.05, 3.63) is 29.8 Å². The molecule has 0 aliphatic carbocycles. The van der Waals surface area contributed by atoms with E-state index < -0.39 is 0 Å². The van der Waals surface area contributed by atoms with Gasteiger partial charge in [-0.3, -0.25) is 4.90 Å². The molecule has 1 saturated heterocycles. The highest BCUT2D eigenvalue weighted by molar-refractivity contribution is 5.27. The Bertz CT molecular complexity index is 342. The van der Waals surface area contributed by atoms with Crippen molar-refractivity contribution < 1.29 is 4.74 Å². The van der Waals surface area contributed by atoms with E-state index in [0.29, 0.717) is 5.54 Å². The first-order chi connectivity index (χ1) is 7.62. The van der Waals surface area contributed by atoms with Crippen LogP contribution >= 0.6 is 0 Å². The number of methoxy groups -OCH3 is 1. The molecule has 0 amide bonds. The minimum absolute atomic E-state index is 0.361. The van der Waals surface area contributed by atoms with Gasteiger partial charge in [0.1, 0.15) is 5.75 Å². The highest BCUT2D eigenvalue weighted by atomic mass is 16.5. The van der Waals surface area contributed by atoms with Gasteiger partial charge in [-0.2, -0.15) is 0 Å². The fourth-order valence-electron chi connectivity index (χ4n) is 2.41. The van der Waals surface area contributed by atoms with Crippen LogP contribution in [0.15, 0.2) is 24.3 Å². The van der Waals surface area contributed by atoms with Crippen molar-refractivity contribution in [1.29, 1.82) is 0 Å². The Morgan fingerprint density at radius 2 is 1.94 bits per heavy atom. The molecule has 1 heterocycles. The van der Waals surface area contributed by atoms with Crippen molar-refractivity contribution in [2.24, 2.45) is 0 Å². The summed E-state index contributed by atoms with van der Waals surface area (Å²) in [7, 11) is 1.71. The fourth-order valence-corrected chi connectivity index (χ4v) is 2.41. The van der Waals surface area contributed by atoms with Crippen LogP contribution in [0.3, 0.4) is 0 Å². The molecular formula is C14H21NO. The summed E-state index contributed by atoms with van der Waals surface area (Å²) in [5.74, 6) is 0.935. The molecule has 0 saturated carbocycles. The van der Waals surface area contributed by atoms with Crippen LogP contribution in [0.25, 0.3) is 0 Å². The van der Waals surface area contributed by atoms with E-state index in [4.69, 9.17) is 4.74 Å². The van der Waals surface area contributed by atoms with Gasteiger partial charge >= 0.3 is 0 Å². The summed E-state index contributed by atoms with van der Waals surface area (Å²) in [6.07, 6.45) is 2.63. The molecule has 0 unspecified atom stereocenters. The Morgan fingerprint density at radius 1 is 1.25 bits per heavy atom. The van der Waals surface area contributed by atoms with Crippen molar-refractivity contribution in [3.8, 4) is 5.75 Å². The molecule has 2 nitrogen and oxygen atoms in total. The van der Waals surface area contributed by atoms with Gasteiger partial charge < -0.3 is 4.74 Å². The third-order valence-electron chi connectivity index (χ3n) is 3.61. The number of hydrogen-bond acceptors (Lipinski definition) is 2. The smallest absolute Gasteiger partial charge is 0.118 e. The van der Waals surface area contributed by atoms with E-state index in [9.17, 15) is 0 Å². The Kier molecular flexibility index (Phi) is 3.20. The van der Waals surface area contributed by atoms with E-state index >= 15 is 0 Å². The van der Waals surface area contributed by atoms with Gasteiger partial charge in [-0.25, -0.2) is 0 Å². The summed E-state index contributed by atoms with van der Waals surface area (Å²) < 4.78 is 5.17. The van der Waals surface area contributed by atoms with Crippen molar-refractivity contribution in [3.63, 3.8) is 0 Å². The number of likely N-dealkylation sites (tertiary alicyclic amines) is 1. The normalized spacial score (nSPS) is 19.9. The van der Waals surface area contributed by atoms with Crippen LogP contribution < -0.4 is 4.74 Å². The lowest BCUT2D eigenvalue weighted by molar-refractivity contribution is 0.166. The maximum Gasteiger partial charge on any atom is 0.118 e. The molecule has 0 radical (unpaired) electrons. The lowest BCUT2D eigenvalue weighted by atomic mass is 10.0. The molecule has 2 heteroatoms. The maximum atomic E-state index is 5.17. The van der Waals surface area contributed by atoms with Crippen LogP contribution in [0, 0.1) is 0 Å². The van der Waals surface area contributed by atoms with Crippen molar-refractivity contribution >= 4 is 0 Å². The molecule has 16 heavy (non-hydrogen) atoms. The van der Waals surface area contributed by atoms with Crippen molar-refractivity contribution in [2.75, 3.05) is 13.7 Å². The standard InChI is InChI=1S/C14H21NO/c1-14(2)9-4-10-15(14)11-12-5-7-13(16-3)8-6-12/h5-8H,4,9-11H2,1-3H3. The van der Waals surface area contributed by atoms with Crippen LogP contribution in [-0.4, -0.2) is 24.1 Å². The first kappa shape index (κ1) is 11.5. The first-order valence-corrected chi connectivity index (χ1v) is 6.00. The maximum absolute atomic E-state index is 5.17. The number of hydrogen-bond donors (Lipinski definition) is 0. The van der Waals surface area contributed by atoms with Crippen LogP contribution in [0.5, 0.6) is 5.75 Å². The number of rotatable bonds is 3. The summed E-state index contributed by atoms with van der Waals surface area (Å²) in [4.78, 5) is 2.56. The van der Waals surface area contributed by atoms with Crippen LogP contribution in [-0.2, 0) is 6.54 Å². The Balaban J connectivity index is 2.03. The summed E-state index contributed by atoms with van der Waals surface area (Å²) in [5, 5.41) is 0. The fraction of sp³-hybridized carbons (Fsp3) is 0.571. The van der Waals surface area contributed by atoms with Gasteiger partial charge in [-0.15, -0.1) is 0 Å². The third kappa shape index (κ3) is 2.38. The summed E-state index contributed by atoms with van der Waals surface area (Å²) >= 11 is 0. The number of ether oxygens (including phenoxy) is 1. The topological polar surface area (TPSA) is 12.5 Å². The predicted molar refractivity (Wildman–Crippen MR) is 66.7 cm³/mol. The van der Waals surface area contributed by atoms with E-state index in [2.05, 4.69) is 30.9 Å². The molecule has 0 aromatic heterocycles. The Hall–Kier alpha value is -1.02. The lowest BCUT2D eigenvalue weighted by Crippen LogP contribution is -2.37. The quantitative estimate of drug-likeness (QED) is 0.774. The largest absolute Gasteiger partial charge is 0.497 e. The molecule has 88 valence electrons. The van der Waals surface area contributed by atoms with Gasteiger partial charge in [0.15, 0.2) is 0 Å². The van der Waals surface area contributed by atoms with E-state index in [1.54, 1.807) is 7.11 Å². The molecule has 1 aromatic rings. The molecule has 2 rings (SSSR count). The van der Waals surface area contributed by atoms with Gasteiger partial charge in [-0.1, -0.05) is 12.1 Å². The lowest BCUT2D eigenvalue weighted by Gasteiger charge is -2.31. The van der Waals surface area contributed by atoms with Gasteiger partial charge in [0.05, 0.1) is 7.11 Å². The molecule has 1 aliphatic rings.